The second-order valence-electron chi connectivity index (χ2n) is 15.2. The lowest BCUT2D eigenvalue weighted by Gasteiger charge is -2.24. The number of carbonyl (C=O) groups excluding carboxylic acids is 2. The number of benzene rings is 3. The molecule has 274 valence electrons. The number of unbranched alkanes of at least 4 members (excludes halogenated alkanes) is 4. The number of carbonyl (C=O) groups is 3. The molecule has 0 saturated carbocycles. The third-order valence-corrected chi connectivity index (χ3v) is 10.1. The molecule has 0 aliphatic carbocycles. The molecule has 52 heavy (non-hydrogen) atoms. The summed E-state index contributed by atoms with van der Waals surface area (Å²) >= 11 is 0. The van der Waals surface area contributed by atoms with Crippen molar-refractivity contribution in [2.45, 2.75) is 91.4 Å². The minimum Gasteiger partial charge on any atom is -0.494 e. The summed E-state index contributed by atoms with van der Waals surface area (Å²) in [4.78, 5) is 50.1. The number of ketones is 1. The maximum atomic E-state index is 13.9. The average Bonchev–Trinajstić information content (AvgIpc) is 3.64. The molecule has 1 aromatic heterocycles. The second kappa shape index (κ2) is 17.6. The standard InChI is InChI=1S/C44H53N3O5/c1-6-7-8-9-10-23-52-38-18-15-32(16-19-38)36-27-45-41(46-28-36)33-13-11-31(12-14-33)25-35(42(49)47-22-21-34(29-47)43(50)51)26-40(48)39-20-17-37(24-30(39)2)44(3,4)5/h11-20,24,27-28,34-35H,6-10,21-23,25-26,29H2,1-5H3,(H,50,51)/t34-,35+/m0/s1. The van der Waals surface area contributed by atoms with Crippen molar-refractivity contribution in [2.24, 2.45) is 11.8 Å². The van der Waals surface area contributed by atoms with Crippen LogP contribution < -0.4 is 4.74 Å². The van der Waals surface area contributed by atoms with Crippen LogP contribution in [0.5, 0.6) is 5.75 Å². The second-order valence-corrected chi connectivity index (χ2v) is 15.2. The molecule has 0 spiro atoms. The molecular weight excluding hydrogens is 651 g/mol. The van der Waals surface area contributed by atoms with Gasteiger partial charge < -0.3 is 14.7 Å². The highest BCUT2D eigenvalue weighted by molar-refractivity contribution is 6.00. The van der Waals surface area contributed by atoms with Crippen molar-refractivity contribution >= 4 is 17.7 Å². The van der Waals surface area contributed by atoms with Crippen LogP contribution in [0.3, 0.4) is 0 Å². The van der Waals surface area contributed by atoms with Gasteiger partial charge in [-0.15, -0.1) is 0 Å². The van der Waals surface area contributed by atoms with Gasteiger partial charge in [-0.3, -0.25) is 14.4 Å². The number of rotatable bonds is 16. The zero-order valence-electron chi connectivity index (χ0n) is 31.4. The minimum absolute atomic E-state index is 0.0429. The van der Waals surface area contributed by atoms with Gasteiger partial charge in [-0.05, 0) is 66.0 Å². The number of aliphatic carboxylic acids is 1. The van der Waals surface area contributed by atoms with E-state index in [4.69, 9.17) is 4.74 Å². The summed E-state index contributed by atoms with van der Waals surface area (Å²) in [6, 6.07) is 21.7. The van der Waals surface area contributed by atoms with Gasteiger partial charge in [-0.2, -0.15) is 0 Å². The molecule has 4 aromatic rings. The van der Waals surface area contributed by atoms with Crippen molar-refractivity contribution < 1.29 is 24.2 Å². The number of aromatic nitrogens is 2. The van der Waals surface area contributed by atoms with E-state index in [0.717, 1.165) is 52.2 Å². The van der Waals surface area contributed by atoms with Crippen LogP contribution in [-0.2, 0) is 21.4 Å². The van der Waals surface area contributed by atoms with E-state index in [1.807, 2.05) is 80.0 Å². The molecule has 1 amide bonds. The Hall–Kier alpha value is -4.85. The number of amides is 1. The first-order chi connectivity index (χ1) is 24.9. The first-order valence-corrected chi connectivity index (χ1v) is 18.7. The predicted octanol–water partition coefficient (Wildman–Crippen LogP) is 9.13. The van der Waals surface area contributed by atoms with Crippen LogP contribution in [0.4, 0.5) is 0 Å². The SMILES string of the molecule is CCCCCCCOc1ccc(-c2cnc(-c3ccc(C[C@H](CC(=O)c4ccc(C(C)(C)C)cc4C)C(=O)N4CC[C@H](C(=O)O)C4)cc3)nc2)cc1. The Balaban J connectivity index is 1.25. The number of carboxylic acid groups (broad SMARTS) is 1. The number of hydrogen-bond acceptors (Lipinski definition) is 6. The van der Waals surface area contributed by atoms with Gasteiger partial charge in [-0.25, -0.2) is 9.97 Å². The molecule has 2 heterocycles. The van der Waals surface area contributed by atoms with Gasteiger partial charge in [0.1, 0.15) is 5.75 Å². The summed E-state index contributed by atoms with van der Waals surface area (Å²) < 4.78 is 5.91. The molecule has 3 aromatic carbocycles. The summed E-state index contributed by atoms with van der Waals surface area (Å²) in [6.07, 6.45) is 10.5. The molecule has 8 nitrogen and oxygen atoms in total. The van der Waals surface area contributed by atoms with Gasteiger partial charge in [-0.1, -0.05) is 108 Å². The Morgan fingerprint density at radius 1 is 0.885 bits per heavy atom. The van der Waals surface area contributed by atoms with Crippen molar-refractivity contribution in [3.8, 4) is 28.3 Å². The van der Waals surface area contributed by atoms with E-state index in [9.17, 15) is 19.5 Å². The molecule has 5 rings (SSSR count). The summed E-state index contributed by atoms with van der Waals surface area (Å²) in [5.41, 5.74) is 6.27. The van der Waals surface area contributed by atoms with Gasteiger partial charge in [0.2, 0.25) is 5.91 Å². The quantitative estimate of drug-likeness (QED) is 0.0916. The van der Waals surface area contributed by atoms with E-state index in [0.29, 0.717) is 30.8 Å². The fraction of sp³-hybridized carbons (Fsp3) is 0.432. The maximum absolute atomic E-state index is 13.9. The first kappa shape index (κ1) is 38.4. The summed E-state index contributed by atoms with van der Waals surface area (Å²) in [5.74, 6) is -0.907. The van der Waals surface area contributed by atoms with Crippen LogP contribution in [0.15, 0.2) is 79.1 Å². The fourth-order valence-electron chi connectivity index (χ4n) is 6.78. The molecule has 1 saturated heterocycles. The molecule has 2 atom stereocenters. The number of Topliss-reactive ketones (excluding diaryl/α,β-unsaturated/α-hetero) is 1. The lowest BCUT2D eigenvalue weighted by Crippen LogP contribution is -2.37. The smallest absolute Gasteiger partial charge is 0.308 e. The molecule has 1 fully saturated rings. The van der Waals surface area contributed by atoms with Gasteiger partial charge in [0.05, 0.1) is 12.5 Å². The first-order valence-electron chi connectivity index (χ1n) is 18.7. The summed E-state index contributed by atoms with van der Waals surface area (Å²) in [5, 5.41) is 9.54. The van der Waals surface area contributed by atoms with E-state index >= 15 is 0 Å². The molecule has 0 radical (unpaired) electrons. The Kier molecular flexibility index (Phi) is 13.0. The lowest BCUT2D eigenvalue weighted by molar-refractivity contribution is -0.141. The van der Waals surface area contributed by atoms with Gasteiger partial charge in [0.15, 0.2) is 11.6 Å². The zero-order valence-corrected chi connectivity index (χ0v) is 31.4. The van der Waals surface area contributed by atoms with E-state index in [-0.39, 0.29) is 30.1 Å². The lowest BCUT2D eigenvalue weighted by atomic mass is 9.84. The van der Waals surface area contributed by atoms with Crippen LogP contribution in [0.1, 0.15) is 99.7 Å². The van der Waals surface area contributed by atoms with Crippen LogP contribution >= 0.6 is 0 Å². The number of carboxylic acids is 1. The molecule has 0 unspecified atom stereocenters. The molecular formula is C44H53N3O5. The van der Waals surface area contributed by atoms with Crippen LogP contribution in [0, 0.1) is 18.8 Å². The Morgan fingerprint density at radius 3 is 2.17 bits per heavy atom. The summed E-state index contributed by atoms with van der Waals surface area (Å²) in [7, 11) is 0. The molecule has 1 N–H and O–H groups in total. The average molecular weight is 704 g/mol. The van der Waals surface area contributed by atoms with Crippen molar-refractivity contribution in [1.82, 2.24) is 14.9 Å². The number of likely N-dealkylation sites (tertiary alicyclic amines) is 1. The van der Waals surface area contributed by atoms with Crippen molar-refractivity contribution in [1.29, 1.82) is 0 Å². The van der Waals surface area contributed by atoms with Gasteiger partial charge in [0, 0.05) is 54.5 Å². The molecule has 1 aliphatic rings. The molecule has 0 bridgehead atoms. The van der Waals surface area contributed by atoms with E-state index < -0.39 is 17.8 Å². The van der Waals surface area contributed by atoms with Gasteiger partial charge >= 0.3 is 5.97 Å². The Labute approximate surface area is 308 Å². The van der Waals surface area contributed by atoms with E-state index in [1.165, 1.54) is 25.7 Å². The number of ether oxygens (including phenoxy) is 1. The predicted molar refractivity (Wildman–Crippen MR) is 206 cm³/mol. The van der Waals surface area contributed by atoms with E-state index in [2.05, 4.69) is 43.7 Å². The summed E-state index contributed by atoms with van der Waals surface area (Å²) in [6.45, 7) is 11.8. The topological polar surface area (TPSA) is 110 Å². The third kappa shape index (κ3) is 10.1. The number of nitrogens with zero attached hydrogens (tertiary/aromatic N) is 3. The monoisotopic (exact) mass is 703 g/mol. The zero-order chi connectivity index (χ0) is 37.3. The maximum Gasteiger partial charge on any atom is 0.308 e. The van der Waals surface area contributed by atoms with Crippen molar-refractivity contribution in [2.75, 3.05) is 19.7 Å². The Morgan fingerprint density at radius 2 is 1.56 bits per heavy atom. The highest BCUT2D eigenvalue weighted by Gasteiger charge is 2.35. The normalized spacial score (nSPS) is 15.0. The Bertz CT molecular complexity index is 1810. The highest BCUT2D eigenvalue weighted by atomic mass is 16.5. The number of hydrogen-bond donors (Lipinski definition) is 1. The van der Waals surface area contributed by atoms with Crippen LogP contribution in [0.2, 0.25) is 0 Å². The van der Waals surface area contributed by atoms with Gasteiger partial charge in [0.25, 0.3) is 0 Å². The van der Waals surface area contributed by atoms with Crippen molar-refractivity contribution in [3.05, 3.63) is 101 Å². The molecule has 1 aliphatic heterocycles. The van der Waals surface area contributed by atoms with Crippen LogP contribution in [0.25, 0.3) is 22.5 Å². The minimum atomic E-state index is -0.894. The molecule has 8 heteroatoms. The van der Waals surface area contributed by atoms with E-state index in [1.54, 1.807) is 4.90 Å². The number of aryl methyl sites for hydroxylation is 1. The van der Waals surface area contributed by atoms with Crippen LogP contribution in [-0.4, -0.2) is 57.3 Å². The third-order valence-electron chi connectivity index (χ3n) is 10.1. The highest BCUT2D eigenvalue weighted by Crippen LogP contribution is 2.29. The fourth-order valence-corrected chi connectivity index (χ4v) is 6.78. The van der Waals surface area contributed by atoms with Crippen molar-refractivity contribution in [3.63, 3.8) is 0 Å². The largest absolute Gasteiger partial charge is 0.494 e.